The van der Waals surface area contributed by atoms with Crippen molar-refractivity contribution in [3.8, 4) is 0 Å². The van der Waals surface area contributed by atoms with Crippen molar-refractivity contribution in [1.82, 2.24) is 0 Å². The summed E-state index contributed by atoms with van der Waals surface area (Å²) in [6, 6.07) is 6.64. The standard InChI is InChI=1S/C14H9F5O/c15-11-6-3-9(7-12(11)16)13(20)8-1-4-10(5-2-8)14(17,18)19/h1-7,13,20H. The topological polar surface area (TPSA) is 20.2 Å². The van der Waals surface area contributed by atoms with Crippen LogP contribution in [0.3, 0.4) is 0 Å². The summed E-state index contributed by atoms with van der Waals surface area (Å²) >= 11 is 0. The van der Waals surface area contributed by atoms with Crippen LogP contribution in [0.5, 0.6) is 0 Å². The van der Waals surface area contributed by atoms with Gasteiger partial charge < -0.3 is 5.11 Å². The molecule has 0 saturated heterocycles. The van der Waals surface area contributed by atoms with E-state index in [1.807, 2.05) is 0 Å². The largest absolute Gasteiger partial charge is 0.416 e. The molecule has 6 heteroatoms. The molecule has 2 aromatic carbocycles. The molecule has 1 unspecified atom stereocenters. The fourth-order valence-electron chi connectivity index (χ4n) is 1.73. The van der Waals surface area contributed by atoms with Crippen molar-refractivity contribution in [2.24, 2.45) is 0 Å². The van der Waals surface area contributed by atoms with E-state index in [4.69, 9.17) is 0 Å². The van der Waals surface area contributed by atoms with E-state index in [-0.39, 0.29) is 11.1 Å². The van der Waals surface area contributed by atoms with Gasteiger partial charge in [-0.1, -0.05) is 18.2 Å². The van der Waals surface area contributed by atoms with E-state index in [2.05, 4.69) is 0 Å². The van der Waals surface area contributed by atoms with Crippen LogP contribution in [0.2, 0.25) is 0 Å². The van der Waals surface area contributed by atoms with E-state index in [9.17, 15) is 27.1 Å². The van der Waals surface area contributed by atoms with Crippen LogP contribution >= 0.6 is 0 Å². The van der Waals surface area contributed by atoms with Gasteiger partial charge in [0.2, 0.25) is 0 Å². The summed E-state index contributed by atoms with van der Waals surface area (Å²) in [6.07, 6.45) is -5.79. The van der Waals surface area contributed by atoms with Crippen LogP contribution in [0, 0.1) is 11.6 Å². The number of hydrogen-bond acceptors (Lipinski definition) is 1. The molecule has 1 N–H and O–H groups in total. The summed E-state index contributed by atoms with van der Waals surface area (Å²) in [7, 11) is 0. The minimum Gasteiger partial charge on any atom is -0.384 e. The minimum absolute atomic E-state index is 0.0589. The second-order valence-corrected chi connectivity index (χ2v) is 4.20. The molecule has 0 aliphatic carbocycles. The van der Waals surface area contributed by atoms with Crippen molar-refractivity contribution < 1.29 is 27.1 Å². The Labute approximate surface area is 111 Å². The SMILES string of the molecule is OC(c1ccc(C(F)(F)F)cc1)c1ccc(F)c(F)c1. The Hall–Kier alpha value is -1.95. The third kappa shape index (κ3) is 2.96. The van der Waals surface area contributed by atoms with Crippen molar-refractivity contribution in [2.75, 3.05) is 0 Å². The Balaban J connectivity index is 2.29. The predicted octanol–water partition coefficient (Wildman–Crippen LogP) is 4.07. The van der Waals surface area contributed by atoms with Crippen molar-refractivity contribution >= 4 is 0 Å². The first-order valence-electron chi connectivity index (χ1n) is 5.59. The van der Waals surface area contributed by atoms with E-state index in [1.54, 1.807) is 0 Å². The zero-order chi connectivity index (χ0) is 14.9. The molecule has 0 saturated carbocycles. The molecule has 1 atom stereocenters. The fourth-order valence-corrected chi connectivity index (χ4v) is 1.73. The summed E-state index contributed by atoms with van der Waals surface area (Å²) in [5.74, 6) is -2.19. The highest BCUT2D eigenvalue weighted by Crippen LogP contribution is 2.31. The maximum atomic E-state index is 13.0. The van der Waals surface area contributed by atoms with E-state index in [0.29, 0.717) is 0 Å². The second kappa shape index (κ2) is 5.20. The molecule has 0 spiro atoms. The summed E-state index contributed by atoms with van der Waals surface area (Å²) in [4.78, 5) is 0. The predicted molar refractivity (Wildman–Crippen MR) is 61.9 cm³/mol. The summed E-state index contributed by atoms with van der Waals surface area (Å²) in [5, 5.41) is 9.93. The van der Waals surface area contributed by atoms with Gasteiger partial charge in [-0.15, -0.1) is 0 Å². The Morgan fingerprint density at radius 2 is 1.35 bits per heavy atom. The van der Waals surface area contributed by atoms with Crippen LogP contribution in [-0.4, -0.2) is 5.11 Å². The minimum atomic E-state index is -4.47. The highest BCUT2D eigenvalue weighted by atomic mass is 19.4. The number of alkyl halides is 3. The van der Waals surface area contributed by atoms with E-state index >= 15 is 0 Å². The van der Waals surface area contributed by atoms with Crippen molar-refractivity contribution in [3.05, 3.63) is 70.8 Å². The normalized spacial score (nSPS) is 13.3. The van der Waals surface area contributed by atoms with Gasteiger partial charge >= 0.3 is 6.18 Å². The van der Waals surface area contributed by atoms with E-state index in [0.717, 1.165) is 36.4 Å². The van der Waals surface area contributed by atoms with Crippen LogP contribution in [0.25, 0.3) is 0 Å². The molecule has 0 aromatic heterocycles. The Kier molecular flexibility index (Phi) is 3.76. The van der Waals surface area contributed by atoms with Gasteiger partial charge in [0, 0.05) is 0 Å². The molecule has 0 bridgehead atoms. The highest BCUT2D eigenvalue weighted by molar-refractivity contribution is 5.33. The van der Waals surface area contributed by atoms with Gasteiger partial charge in [0.05, 0.1) is 5.56 Å². The Morgan fingerprint density at radius 3 is 1.85 bits per heavy atom. The Morgan fingerprint density at radius 1 is 0.800 bits per heavy atom. The lowest BCUT2D eigenvalue weighted by atomic mass is 10.00. The third-order valence-electron chi connectivity index (χ3n) is 2.81. The molecule has 0 radical (unpaired) electrons. The van der Waals surface area contributed by atoms with Crippen LogP contribution < -0.4 is 0 Å². The molecule has 0 aliphatic rings. The molecule has 2 aromatic rings. The second-order valence-electron chi connectivity index (χ2n) is 4.20. The van der Waals surface area contributed by atoms with Gasteiger partial charge in [0.15, 0.2) is 11.6 Å². The zero-order valence-corrected chi connectivity index (χ0v) is 9.96. The van der Waals surface area contributed by atoms with Gasteiger partial charge in [-0.05, 0) is 35.4 Å². The van der Waals surface area contributed by atoms with Gasteiger partial charge in [0.1, 0.15) is 6.10 Å². The fraction of sp³-hybridized carbons (Fsp3) is 0.143. The lowest BCUT2D eigenvalue weighted by molar-refractivity contribution is -0.137. The van der Waals surface area contributed by atoms with Gasteiger partial charge in [-0.3, -0.25) is 0 Å². The average molecular weight is 288 g/mol. The van der Waals surface area contributed by atoms with E-state index < -0.39 is 29.5 Å². The number of aliphatic hydroxyl groups excluding tert-OH is 1. The number of benzene rings is 2. The lowest BCUT2D eigenvalue weighted by Crippen LogP contribution is -2.06. The summed E-state index contributed by atoms with van der Waals surface area (Å²) in [5.41, 5.74) is -0.633. The highest BCUT2D eigenvalue weighted by Gasteiger charge is 2.30. The smallest absolute Gasteiger partial charge is 0.384 e. The van der Waals surface area contributed by atoms with Crippen molar-refractivity contribution in [2.45, 2.75) is 12.3 Å². The van der Waals surface area contributed by atoms with Gasteiger partial charge in [-0.25, -0.2) is 8.78 Å². The lowest BCUT2D eigenvalue weighted by Gasteiger charge is -2.13. The molecule has 2 rings (SSSR count). The maximum Gasteiger partial charge on any atom is 0.416 e. The molecular formula is C14H9F5O. The zero-order valence-electron chi connectivity index (χ0n) is 9.96. The van der Waals surface area contributed by atoms with Crippen molar-refractivity contribution in [3.63, 3.8) is 0 Å². The first kappa shape index (κ1) is 14.5. The van der Waals surface area contributed by atoms with Crippen LogP contribution in [-0.2, 0) is 6.18 Å². The van der Waals surface area contributed by atoms with Crippen LogP contribution in [0.15, 0.2) is 42.5 Å². The number of hydrogen-bond donors (Lipinski definition) is 1. The summed E-state index contributed by atoms with van der Waals surface area (Å²) in [6.45, 7) is 0. The molecule has 0 amide bonds. The third-order valence-corrected chi connectivity index (χ3v) is 2.81. The Bertz CT molecular complexity index is 604. The molecule has 0 aliphatic heterocycles. The quantitative estimate of drug-likeness (QED) is 0.826. The molecule has 0 heterocycles. The number of halogens is 5. The average Bonchev–Trinajstić information content (AvgIpc) is 2.40. The maximum absolute atomic E-state index is 13.0. The number of rotatable bonds is 2. The first-order valence-corrected chi connectivity index (χ1v) is 5.59. The molecule has 106 valence electrons. The molecule has 20 heavy (non-hydrogen) atoms. The molecular weight excluding hydrogens is 279 g/mol. The van der Waals surface area contributed by atoms with Gasteiger partial charge in [-0.2, -0.15) is 13.2 Å². The van der Waals surface area contributed by atoms with Crippen molar-refractivity contribution in [1.29, 1.82) is 0 Å². The number of aliphatic hydroxyl groups is 1. The molecule has 1 nitrogen and oxygen atoms in total. The van der Waals surface area contributed by atoms with Crippen LogP contribution in [0.1, 0.15) is 22.8 Å². The monoisotopic (exact) mass is 288 g/mol. The van der Waals surface area contributed by atoms with Crippen LogP contribution in [0.4, 0.5) is 22.0 Å². The first-order chi connectivity index (χ1) is 9.29. The molecule has 0 fully saturated rings. The summed E-state index contributed by atoms with van der Waals surface area (Å²) < 4.78 is 63.0. The van der Waals surface area contributed by atoms with Gasteiger partial charge in [0.25, 0.3) is 0 Å². The van der Waals surface area contributed by atoms with E-state index in [1.165, 1.54) is 6.07 Å².